The third kappa shape index (κ3) is 3.54. The third-order valence-electron chi connectivity index (χ3n) is 3.98. The van der Waals surface area contributed by atoms with E-state index in [1.54, 1.807) is 0 Å². The highest BCUT2D eigenvalue weighted by Gasteiger charge is 2.52. The predicted molar refractivity (Wildman–Crippen MR) is 93.4 cm³/mol. The Morgan fingerprint density at radius 3 is 1.30 bits per heavy atom. The van der Waals surface area contributed by atoms with E-state index in [1.807, 2.05) is 0 Å². The van der Waals surface area contributed by atoms with Crippen LogP contribution in [-0.2, 0) is 0 Å². The molecule has 6 radical (unpaired) electrons. The smallest absolute Gasteiger partial charge is 0.235 e. The summed E-state index contributed by atoms with van der Waals surface area (Å²) in [4.78, 5) is 0. The molecule has 0 amide bonds. The Labute approximate surface area is 134 Å². The summed E-state index contributed by atoms with van der Waals surface area (Å²) in [7, 11) is 0.410. The molecule has 2 N–H and O–H groups in total. The van der Waals surface area contributed by atoms with Crippen LogP contribution in [0.4, 0.5) is 0 Å². The monoisotopic (exact) mass is 342 g/mol. The number of nitrogens with one attached hydrogen (secondary N) is 2. The van der Waals surface area contributed by atoms with Crippen LogP contribution in [0.25, 0.3) is 0 Å². The van der Waals surface area contributed by atoms with Gasteiger partial charge in [-0.15, -0.1) is 0 Å². The molecule has 1 aliphatic heterocycles. The summed E-state index contributed by atoms with van der Waals surface area (Å²) in [5.41, 5.74) is 1.44. The summed E-state index contributed by atoms with van der Waals surface area (Å²) < 4.78 is 12.9. The van der Waals surface area contributed by atoms with Gasteiger partial charge in [-0.1, -0.05) is 55.4 Å². The largest absolute Gasteiger partial charge is 0.337 e. The number of nitrogens with zero attached hydrogens (tertiary/aromatic N) is 2. The Balaban J connectivity index is 3.36. The highest BCUT2D eigenvalue weighted by atomic mass is 28.4. The first-order valence-electron chi connectivity index (χ1n) is 7.61. The molecule has 0 atom stereocenters. The maximum absolute atomic E-state index is 3.63. The van der Waals surface area contributed by atoms with Gasteiger partial charge in [-0.3, -0.25) is 0 Å². The summed E-state index contributed by atoms with van der Waals surface area (Å²) in [6.07, 6.45) is 0. The lowest BCUT2D eigenvalue weighted by Crippen LogP contribution is -2.78. The molecule has 114 valence electrons. The first kappa shape index (κ1) is 18.8. The van der Waals surface area contributed by atoms with E-state index >= 15 is 0 Å². The van der Waals surface area contributed by atoms with Crippen molar-refractivity contribution in [3.8, 4) is 0 Å². The molecule has 0 unspecified atom stereocenters. The fraction of sp³-hybridized carbons (Fsp3) is 1.00. The Morgan fingerprint density at radius 1 is 0.700 bits per heavy atom. The lowest BCUT2D eigenvalue weighted by atomic mass is 10.4. The highest BCUT2D eigenvalue weighted by Crippen LogP contribution is 2.39. The second-order valence-electron chi connectivity index (χ2n) is 6.62. The minimum absolute atomic E-state index is 0.603. The number of hydrogen-bond donors (Lipinski definition) is 2. The van der Waals surface area contributed by atoms with Crippen molar-refractivity contribution in [3.63, 3.8) is 0 Å². The molecule has 0 spiro atoms. The average Bonchev–Trinajstić information content (AvgIpc) is 2.26. The van der Waals surface area contributed by atoms with Crippen molar-refractivity contribution < 1.29 is 0 Å². The molecular formula is C12H30N4Si4. The lowest BCUT2D eigenvalue weighted by Gasteiger charge is -2.57. The van der Waals surface area contributed by atoms with Gasteiger partial charge in [-0.2, -0.15) is 0 Å². The molecule has 4 nitrogen and oxygen atoms in total. The maximum Gasteiger partial charge on any atom is 0.235 e. The Morgan fingerprint density at radius 2 is 1.05 bits per heavy atom. The highest BCUT2D eigenvalue weighted by molar-refractivity contribution is 6.88. The Kier molecular flexibility index (Phi) is 7.33. The topological polar surface area (TPSA) is 30.5 Å². The van der Waals surface area contributed by atoms with Gasteiger partial charge >= 0.3 is 0 Å². The number of hydrogen-bond acceptors (Lipinski definition) is 4. The average molecular weight is 343 g/mol. The van der Waals surface area contributed by atoms with E-state index in [9.17, 15) is 0 Å². The van der Waals surface area contributed by atoms with Gasteiger partial charge in [0.05, 0.1) is 0 Å². The molecule has 0 bridgehead atoms. The predicted octanol–water partition coefficient (Wildman–Crippen LogP) is 1.46. The summed E-state index contributed by atoms with van der Waals surface area (Å²) in [5, 5.41) is 0. The van der Waals surface area contributed by atoms with E-state index in [-0.39, 0.29) is 0 Å². The van der Waals surface area contributed by atoms with E-state index < -0.39 is 8.40 Å². The zero-order valence-corrected chi connectivity index (χ0v) is 18.2. The van der Waals surface area contributed by atoms with E-state index in [4.69, 9.17) is 0 Å². The van der Waals surface area contributed by atoms with Gasteiger partial charge in [-0.05, 0) is 23.2 Å². The molecule has 0 aromatic rings. The Hall–Kier alpha value is 0.708. The zero-order chi connectivity index (χ0) is 15.5. The van der Waals surface area contributed by atoms with E-state index in [2.05, 4.69) is 73.1 Å². The second-order valence-corrected chi connectivity index (χ2v) is 16.0. The summed E-state index contributed by atoms with van der Waals surface area (Å²) in [6.45, 7) is 19.2. The van der Waals surface area contributed by atoms with Crippen LogP contribution in [0.5, 0.6) is 0 Å². The molecule has 0 saturated carbocycles. The number of rotatable bonds is 4. The van der Waals surface area contributed by atoms with Crippen LogP contribution in [0.3, 0.4) is 0 Å². The SMILES string of the molecule is CC(C)N1[Si]N[Si]N[Si]N(C(C)C)[Si]1(C(C)C)C(C)C. The molecule has 1 heterocycles. The van der Waals surface area contributed by atoms with E-state index in [0.717, 1.165) is 30.8 Å². The zero-order valence-electron chi connectivity index (χ0n) is 14.2. The normalized spacial score (nSPS) is 22.8. The van der Waals surface area contributed by atoms with Crippen molar-refractivity contribution in [1.82, 2.24) is 17.8 Å². The second kappa shape index (κ2) is 7.82. The van der Waals surface area contributed by atoms with Gasteiger partial charge in [-0.25, -0.2) is 0 Å². The molecule has 1 fully saturated rings. The van der Waals surface area contributed by atoms with Crippen LogP contribution in [0.2, 0.25) is 11.1 Å². The van der Waals surface area contributed by atoms with E-state index in [0.29, 0.717) is 21.9 Å². The van der Waals surface area contributed by atoms with Crippen LogP contribution in [-0.4, -0.2) is 58.5 Å². The van der Waals surface area contributed by atoms with Crippen LogP contribution in [0.1, 0.15) is 55.4 Å². The minimum atomic E-state index is -1.73. The molecule has 20 heavy (non-hydrogen) atoms. The van der Waals surface area contributed by atoms with Gasteiger partial charge < -0.3 is 17.8 Å². The summed E-state index contributed by atoms with van der Waals surface area (Å²) in [5.74, 6) is 0. The van der Waals surface area contributed by atoms with Crippen LogP contribution < -0.4 is 9.30 Å². The molecule has 8 heteroatoms. The summed E-state index contributed by atoms with van der Waals surface area (Å²) >= 11 is 0. The van der Waals surface area contributed by atoms with E-state index in [1.165, 1.54) is 0 Å². The van der Waals surface area contributed by atoms with Crippen LogP contribution in [0, 0.1) is 0 Å². The van der Waals surface area contributed by atoms with Crippen molar-refractivity contribution in [2.75, 3.05) is 0 Å². The fourth-order valence-electron chi connectivity index (χ4n) is 3.37. The quantitative estimate of drug-likeness (QED) is 0.757. The molecule has 1 saturated heterocycles. The molecule has 1 rings (SSSR count). The molecule has 1 aliphatic rings. The standard InChI is InChI=1S/C12H30N4Si4/c1-9(2)15-18-13-17-14-19-16(10(3)4)20(15,11(5)6)12(7)8/h9-14H,1-8H3. The summed E-state index contributed by atoms with van der Waals surface area (Å²) in [6, 6.07) is 1.21. The van der Waals surface area contributed by atoms with Crippen molar-refractivity contribution in [1.29, 1.82) is 0 Å². The molecule has 0 aliphatic carbocycles. The van der Waals surface area contributed by atoms with Gasteiger partial charge in [0.25, 0.3) is 0 Å². The lowest BCUT2D eigenvalue weighted by molar-refractivity contribution is 0.393. The van der Waals surface area contributed by atoms with Gasteiger partial charge in [0.15, 0.2) is 0 Å². The first-order valence-corrected chi connectivity index (χ1v) is 12.6. The van der Waals surface area contributed by atoms with Crippen molar-refractivity contribution in [3.05, 3.63) is 0 Å². The van der Waals surface area contributed by atoms with Gasteiger partial charge in [0.2, 0.25) is 37.9 Å². The molecule has 0 aromatic heterocycles. The third-order valence-corrected chi connectivity index (χ3v) is 16.2. The maximum atomic E-state index is 3.63. The van der Waals surface area contributed by atoms with Crippen molar-refractivity contribution >= 4 is 37.9 Å². The van der Waals surface area contributed by atoms with Crippen molar-refractivity contribution in [2.24, 2.45) is 0 Å². The van der Waals surface area contributed by atoms with Gasteiger partial charge in [0.1, 0.15) is 0 Å². The minimum Gasteiger partial charge on any atom is -0.337 e. The molecular weight excluding hydrogens is 313 g/mol. The van der Waals surface area contributed by atoms with Crippen molar-refractivity contribution in [2.45, 2.75) is 78.6 Å². The molecule has 0 aromatic carbocycles. The fourth-order valence-corrected chi connectivity index (χ4v) is 18.0. The Bertz CT molecular complexity index is 271. The van der Waals surface area contributed by atoms with Gasteiger partial charge in [0, 0.05) is 0 Å². The first-order chi connectivity index (χ1) is 9.26. The van der Waals surface area contributed by atoms with Crippen LogP contribution in [0.15, 0.2) is 0 Å². The van der Waals surface area contributed by atoms with Crippen LogP contribution >= 0.6 is 0 Å².